The number of piperidine rings is 1. The number of benzene rings is 1. The summed E-state index contributed by atoms with van der Waals surface area (Å²) in [5.74, 6) is 1.98. The van der Waals surface area contributed by atoms with Gasteiger partial charge in [-0.2, -0.15) is 0 Å². The SMILES string of the molecule is CCc1nc2ccccc2n1CC1CCCNC1. The summed E-state index contributed by atoms with van der Waals surface area (Å²) >= 11 is 0. The molecule has 3 nitrogen and oxygen atoms in total. The minimum absolute atomic E-state index is 0.752. The highest BCUT2D eigenvalue weighted by molar-refractivity contribution is 5.75. The lowest BCUT2D eigenvalue weighted by Gasteiger charge is -2.24. The molecule has 1 saturated heterocycles. The van der Waals surface area contributed by atoms with Crippen molar-refractivity contribution in [3.05, 3.63) is 30.1 Å². The molecule has 1 aliphatic rings. The Morgan fingerprint density at radius 2 is 2.28 bits per heavy atom. The van der Waals surface area contributed by atoms with Gasteiger partial charge >= 0.3 is 0 Å². The van der Waals surface area contributed by atoms with E-state index in [0.717, 1.165) is 30.9 Å². The fraction of sp³-hybridized carbons (Fsp3) is 0.533. The van der Waals surface area contributed by atoms with Gasteiger partial charge in [-0.3, -0.25) is 0 Å². The average molecular weight is 243 g/mol. The van der Waals surface area contributed by atoms with E-state index in [1.54, 1.807) is 0 Å². The van der Waals surface area contributed by atoms with Gasteiger partial charge in [-0.05, 0) is 44.0 Å². The third-order valence-corrected chi connectivity index (χ3v) is 3.89. The Hall–Kier alpha value is -1.35. The minimum atomic E-state index is 0.752. The summed E-state index contributed by atoms with van der Waals surface area (Å²) < 4.78 is 2.42. The zero-order valence-corrected chi connectivity index (χ0v) is 11.0. The maximum absolute atomic E-state index is 4.74. The molecule has 1 aromatic heterocycles. The Bertz CT molecular complexity index is 524. The number of rotatable bonds is 3. The molecule has 0 aliphatic carbocycles. The van der Waals surface area contributed by atoms with Crippen LogP contribution in [0.4, 0.5) is 0 Å². The van der Waals surface area contributed by atoms with Crippen molar-refractivity contribution in [2.75, 3.05) is 13.1 Å². The largest absolute Gasteiger partial charge is 0.328 e. The van der Waals surface area contributed by atoms with E-state index in [4.69, 9.17) is 4.98 Å². The third-order valence-electron chi connectivity index (χ3n) is 3.89. The molecular weight excluding hydrogens is 222 g/mol. The number of fused-ring (bicyclic) bond motifs is 1. The zero-order chi connectivity index (χ0) is 12.4. The highest BCUT2D eigenvalue weighted by Crippen LogP contribution is 2.20. The average Bonchev–Trinajstić information content (AvgIpc) is 2.78. The van der Waals surface area contributed by atoms with Crippen LogP contribution in [-0.2, 0) is 13.0 Å². The van der Waals surface area contributed by atoms with Crippen LogP contribution in [0.2, 0.25) is 0 Å². The smallest absolute Gasteiger partial charge is 0.109 e. The predicted molar refractivity (Wildman–Crippen MR) is 74.7 cm³/mol. The topological polar surface area (TPSA) is 29.9 Å². The number of para-hydroxylation sites is 2. The molecule has 1 aliphatic heterocycles. The number of imidazole rings is 1. The normalized spacial score (nSPS) is 20.4. The molecule has 1 N–H and O–H groups in total. The number of aromatic nitrogens is 2. The Morgan fingerprint density at radius 1 is 1.39 bits per heavy atom. The first-order valence-electron chi connectivity index (χ1n) is 7.03. The van der Waals surface area contributed by atoms with E-state index in [-0.39, 0.29) is 0 Å². The molecule has 1 atom stereocenters. The minimum Gasteiger partial charge on any atom is -0.328 e. The second-order valence-electron chi connectivity index (χ2n) is 5.19. The van der Waals surface area contributed by atoms with Crippen molar-refractivity contribution in [3.63, 3.8) is 0 Å². The molecule has 0 bridgehead atoms. The first-order chi connectivity index (χ1) is 8.88. The highest BCUT2D eigenvalue weighted by atomic mass is 15.1. The van der Waals surface area contributed by atoms with Gasteiger partial charge in [0, 0.05) is 13.0 Å². The van der Waals surface area contributed by atoms with Crippen molar-refractivity contribution in [1.82, 2.24) is 14.9 Å². The summed E-state index contributed by atoms with van der Waals surface area (Å²) in [4.78, 5) is 4.74. The zero-order valence-electron chi connectivity index (χ0n) is 11.0. The summed E-state index contributed by atoms with van der Waals surface area (Å²) in [6, 6.07) is 8.49. The van der Waals surface area contributed by atoms with Crippen LogP contribution in [0.3, 0.4) is 0 Å². The summed E-state index contributed by atoms with van der Waals surface area (Å²) in [5.41, 5.74) is 2.43. The monoisotopic (exact) mass is 243 g/mol. The number of nitrogens with one attached hydrogen (secondary N) is 1. The van der Waals surface area contributed by atoms with Crippen LogP contribution in [-0.4, -0.2) is 22.6 Å². The van der Waals surface area contributed by atoms with Crippen LogP contribution in [0.5, 0.6) is 0 Å². The molecule has 3 heteroatoms. The highest BCUT2D eigenvalue weighted by Gasteiger charge is 2.16. The van der Waals surface area contributed by atoms with Gasteiger partial charge < -0.3 is 9.88 Å². The lowest BCUT2D eigenvalue weighted by molar-refractivity contribution is 0.337. The van der Waals surface area contributed by atoms with E-state index in [0.29, 0.717) is 0 Å². The summed E-state index contributed by atoms with van der Waals surface area (Å²) in [6.45, 7) is 5.63. The second-order valence-corrected chi connectivity index (χ2v) is 5.19. The van der Waals surface area contributed by atoms with Crippen LogP contribution in [0.1, 0.15) is 25.6 Å². The number of hydrogen-bond acceptors (Lipinski definition) is 2. The molecule has 1 fully saturated rings. The Morgan fingerprint density at radius 3 is 3.06 bits per heavy atom. The molecule has 0 saturated carbocycles. The van der Waals surface area contributed by atoms with Gasteiger partial charge in [0.15, 0.2) is 0 Å². The molecule has 18 heavy (non-hydrogen) atoms. The van der Waals surface area contributed by atoms with Crippen LogP contribution in [0, 0.1) is 5.92 Å². The fourth-order valence-corrected chi connectivity index (χ4v) is 2.94. The lowest BCUT2D eigenvalue weighted by atomic mass is 9.99. The van der Waals surface area contributed by atoms with Crippen LogP contribution < -0.4 is 5.32 Å². The quantitative estimate of drug-likeness (QED) is 0.898. The standard InChI is InChI=1S/C15H21N3/c1-2-15-17-13-7-3-4-8-14(13)18(15)11-12-6-5-9-16-10-12/h3-4,7-8,12,16H,2,5-6,9-11H2,1H3. The van der Waals surface area contributed by atoms with Gasteiger partial charge in [0.2, 0.25) is 0 Å². The van der Waals surface area contributed by atoms with Gasteiger partial charge in [-0.1, -0.05) is 19.1 Å². The lowest BCUT2D eigenvalue weighted by Crippen LogP contribution is -2.32. The van der Waals surface area contributed by atoms with E-state index in [1.165, 1.54) is 30.7 Å². The van der Waals surface area contributed by atoms with Gasteiger partial charge in [-0.15, -0.1) is 0 Å². The summed E-state index contributed by atoms with van der Waals surface area (Å²) in [5, 5.41) is 3.50. The van der Waals surface area contributed by atoms with Crippen molar-refractivity contribution in [3.8, 4) is 0 Å². The fourth-order valence-electron chi connectivity index (χ4n) is 2.94. The van der Waals surface area contributed by atoms with Gasteiger partial charge in [0.05, 0.1) is 11.0 Å². The van der Waals surface area contributed by atoms with E-state index in [9.17, 15) is 0 Å². The van der Waals surface area contributed by atoms with Crippen LogP contribution >= 0.6 is 0 Å². The van der Waals surface area contributed by atoms with Crippen LogP contribution in [0.25, 0.3) is 11.0 Å². The first-order valence-corrected chi connectivity index (χ1v) is 7.03. The second kappa shape index (κ2) is 5.11. The number of hydrogen-bond donors (Lipinski definition) is 1. The van der Waals surface area contributed by atoms with Crippen molar-refractivity contribution in [2.24, 2.45) is 5.92 Å². The molecule has 1 aromatic carbocycles. The van der Waals surface area contributed by atoms with E-state index >= 15 is 0 Å². The van der Waals surface area contributed by atoms with Crippen molar-refractivity contribution in [1.29, 1.82) is 0 Å². The Balaban J connectivity index is 1.93. The predicted octanol–water partition coefficient (Wildman–Crippen LogP) is 2.60. The first kappa shape index (κ1) is 11.7. The Kier molecular flexibility index (Phi) is 3.33. The molecule has 96 valence electrons. The maximum Gasteiger partial charge on any atom is 0.109 e. The third kappa shape index (κ3) is 2.15. The summed E-state index contributed by atoms with van der Waals surface area (Å²) in [6.07, 6.45) is 3.65. The molecule has 0 radical (unpaired) electrons. The molecule has 0 amide bonds. The van der Waals surface area contributed by atoms with Crippen LogP contribution in [0.15, 0.2) is 24.3 Å². The van der Waals surface area contributed by atoms with E-state index in [1.807, 2.05) is 0 Å². The van der Waals surface area contributed by atoms with Gasteiger partial charge in [-0.25, -0.2) is 4.98 Å². The molecule has 2 heterocycles. The molecule has 3 rings (SSSR count). The van der Waals surface area contributed by atoms with Gasteiger partial charge in [0.1, 0.15) is 5.82 Å². The van der Waals surface area contributed by atoms with Gasteiger partial charge in [0.25, 0.3) is 0 Å². The molecule has 0 spiro atoms. The summed E-state index contributed by atoms with van der Waals surface area (Å²) in [7, 11) is 0. The van der Waals surface area contributed by atoms with Crippen molar-refractivity contribution in [2.45, 2.75) is 32.7 Å². The molecular formula is C15H21N3. The van der Waals surface area contributed by atoms with E-state index in [2.05, 4.69) is 41.1 Å². The Labute approximate surface area is 108 Å². The maximum atomic E-state index is 4.74. The number of aryl methyl sites for hydroxylation is 1. The molecule has 1 unspecified atom stereocenters. The van der Waals surface area contributed by atoms with E-state index < -0.39 is 0 Å². The number of nitrogens with zero attached hydrogens (tertiary/aromatic N) is 2. The molecule has 2 aromatic rings. The van der Waals surface area contributed by atoms with Crippen molar-refractivity contribution < 1.29 is 0 Å². The van der Waals surface area contributed by atoms with Crippen molar-refractivity contribution >= 4 is 11.0 Å².